The molecule has 128 valence electrons. The van der Waals surface area contributed by atoms with Gasteiger partial charge in [0, 0.05) is 19.0 Å². The first-order valence-electron chi connectivity index (χ1n) is 7.22. The Hall–Kier alpha value is -1.90. The average Bonchev–Trinajstić information content (AvgIpc) is 2.95. The van der Waals surface area contributed by atoms with Gasteiger partial charge in [-0.1, -0.05) is 30.0 Å². The summed E-state index contributed by atoms with van der Waals surface area (Å²) >= 11 is 9.96. The van der Waals surface area contributed by atoms with Crippen molar-refractivity contribution in [1.29, 1.82) is 0 Å². The van der Waals surface area contributed by atoms with Gasteiger partial charge in [-0.2, -0.15) is 0 Å². The Morgan fingerprint density at radius 3 is 2.32 bits per heavy atom. The maximum Gasteiger partial charge on any atom is 0.265 e. The summed E-state index contributed by atoms with van der Waals surface area (Å²) in [4.78, 5) is 28.2. The molecule has 0 atom stereocenters. The van der Waals surface area contributed by atoms with E-state index in [2.05, 4.69) is 15.9 Å². The van der Waals surface area contributed by atoms with Crippen molar-refractivity contribution in [3.8, 4) is 0 Å². The van der Waals surface area contributed by atoms with Crippen LogP contribution in [0.3, 0.4) is 0 Å². The topological polar surface area (TPSA) is 53.8 Å². The lowest BCUT2D eigenvalue weighted by atomic mass is 10.1. The van der Waals surface area contributed by atoms with E-state index in [1.54, 1.807) is 6.07 Å². The number of rotatable bonds is 3. The number of benzene rings is 1. The van der Waals surface area contributed by atoms with Gasteiger partial charge in [0.25, 0.3) is 11.8 Å². The van der Waals surface area contributed by atoms with Crippen LogP contribution in [0.2, 0.25) is 0 Å². The Kier molecular flexibility index (Phi) is 5.12. The van der Waals surface area contributed by atoms with Gasteiger partial charge >= 0.3 is 0 Å². The quantitative estimate of drug-likeness (QED) is 0.416. The van der Waals surface area contributed by atoms with E-state index in [0.717, 1.165) is 9.37 Å². The number of likely N-dealkylation sites (N-methyl/N-ethyl adjacent to an activating group) is 2. The van der Waals surface area contributed by atoms with Crippen LogP contribution in [-0.2, 0) is 9.59 Å². The van der Waals surface area contributed by atoms with Gasteiger partial charge in [-0.3, -0.25) is 19.4 Å². The molecule has 0 saturated carbocycles. The predicted octanol–water partition coefficient (Wildman–Crippen LogP) is 3.79. The summed E-state index contributed by atoms with van der Waals surface area (Å²) in [5, 5.41) is 0.819. The second-order valence-electron chi connectivity index (χ2n) is 5.27. The maximum absolute atomic E-state index is 12.3. The number of thiocarbonyl (C=S) groups is 1. The van der Waals surface area contributed by atoms with Crippen LogP contribution in [0.4, 0.5) is 0 Å². The molecule has 0 N–H and O–H groups in total. The summed E-state index contributed by atoms with van der Waals surface area (Å²) in [7, 11) is 3.08. The lowest BCUT2D eigenvalue weighted by Crippen LogP contribution is -2.52. The molecule has 0 unspecified atom stereocenters. The normalized spacial score (nSPS) is 15.2. The van der Waals surface area contributed by atoms with Crippen molar-refractivity contribution < 1.29 is 14.0 Å². The fourth-order valence-corrected chi connectivity index (χ4v) is 3.74. The van der Waals surface area contributed by atoms with Crippen molar-refractivity contribution in [2.24, 2.45) is 0 Å². The number of halogens is 1. The van der Waals surface area contributed by atoms with E-state index >= 15 is 0 Å². The Morgan fingerprint density at radius 2 is 1.72 bits per heavy atom. The molecule has 8 heteroatoms. The van der Waals surface area contributed by atoms with Gasteiger partial charge in [0.1, 0.15) is 11.3 Å². The standard InChI is InChI=1S/C17H13BrN2O3S2/c1-19-14(21)12(15(22)20(2)17(19)24)8-10-9-13(18)16(23-10)25-11-6-4-3-5-7-11/h3-9H,1-2H3. The molecule has 5 nitrogen and oxygen atoms in total. The molecule has 0 spiro atoms. The molecule has 0 bridgehead atoms. The number of furan rings is 1. The lowest BCUT2D eigenvalue weighted by molar-refractivity contribution is -0.132. The third-order valence-corrected chi connectivity index (χ3v) is 5.95. The third-order valence-electron chi connectivity index (χ3n) is 3.56. The molecule has 1 aromatic carbocycles. The monoisotopic (exact) mass is 436 g/mol. The Bertz CT molecular complexity index is 867. The first kappa shape index (κ1) is 17.9. The minimum absolute atomic E-state index is 0.0103. The second kappa shape index (κ2) is 7.15. The molecule has 1 saturated heterocycles. The van der Waals surface area contributed by atoms with Crippen LogP contribution in [0.5, 0.6) is 0 Å². The van der Waals surface area contributed by atoms with Crippen molar-refractivity contribution in [2.75, 3.05) is 14.1 Å². The van der Waals surface area contributed by atoms with Crippen molar-refractivity contribution >= 4 is 62.9 Å². The molecule has 1 aromatic heterocycles. The first-order valence-corrected chi connectivity index (χ1v) is 9.24. The molecule has 2 amide bonds. The number of hydrogen-bond acceptors (Lipinski definition) is 5. The van der Waals surface area contributed by atoms with Crippen LogP contribution in [0.1, 0.15) is 5.76 Å². The van der Waals surface area contributed by atoms with Gasteiger partial charge in [0.2, 0.25) is 0 Å². The van der Waals surface area contributed by atoms with Gasteiger partial charge in [-0.15, -0.1) is 0 Å². The van der Waals surface area contributed by atoms with Crippen LogP contribution in [-0.4, -0.2) is 40.8 Å². The van der Waals surface area contributed by atoms with Crippen LogP contribution >= 0.6 is 39.9 Å². The molecular weight excluding hydrogens is 424 g/mol. The molecule has 25 heavy (non-hydrogen) atoms. The van der Waals surface area contributed by atoms with Gasteiger partial charge in [0.15, 0.2) is 10.2 Å². The summed E-state index contributed by atoms with van der Waals surface area (Å²) < 4.78 is 6.53. The summed E-state index contributed by atoms with van der Waals surface area (Å²) in [6.07, 6.45) is 1.44. The van der Waals surface area contributed by atoms with Crippen LogP contribution < -0.4 is 0 Å². The zero-order valence-electron chi connectivity index (χ0n) is 13.4. The minimum atomic E-state index is -0.446. The summed E-state index contributed by atoms with van der Waals surface area (Å²) in [5.41, 5.74) is 0.0103. The number of carbonyl (C=O) groups excluding carboxylic acids is 2. The lowest BCUT2D eigenvalue weighted by Gasteiger charge is -2.31. The van der Waals surface area contributed by atoms with Crippen LogP contribution in [0.15, 0.2) is 60.8 Å². The summed E-state index contributed by atoms with van der Waals surface area (Å²) in [5.74, 6) is -0.479. The molecule has 0 radical (unpaired) electrons. The third kappa shape index (κ3) is 3.56. The van der Waals surface area contributed by atoms with Gasteiger partial charge in [0.05, 0.1) is 4.47 Å². The zero-order valence-corrected chi connectivity index (χ0v) is 16.6. The molecule has 2 heterocycles. The molecule has 1 fully saturated rings. The van der Waals surface area contributed by atoms with E-state index in [-0.39, 0.29) is 10.7 Å². The van der Waals surface area contributed by atoms with E-state index in [0.29, 0.717) is 10.9 Å². The smallest absolute Gasteiger partial charge is 0.265 e. The zero-order chi connectivity index (χ0) is 18.1. The van der Waals surface area contributed by atoms with E-state index in [1.807, 2.05) is 30.3 Å². The van der Waals surface area contributed by atoms with Gasteiger partial charge in [-0.05, 0) is 52.4 Å². The SMILES string of the molecule is CN1C(=O)C(=Cc2cc(Br)c(Sc3ccccc3)o2)C(=O)N(C)C1=S. The van der Waals surface area contributed by atoms with Crippen LogP contribution in [0.25, 0.3) is 6.08 Å². The number of hydrogen-bond donors (Lipinski definition) is 0. The Balaban J connectivity index is 1.91. The van der Waals surface area contributed by atoms with E-state index in [9.17, 15) is 9.59 Å². The fourth-order valence-electron chi connectivity index (χ4n) is 2.22. The molecule has 1 aliphatic rings. The first-order chi connectivity index (χ1) is 11.9. The van der Waals surface area contributed by atoms with Crippen molar-refractivity contribution in [2.45, 2.75) is 9.99 Å². The highest BCUT2D eigenvalue weighted by atomic mass is 79.9. The average molecular weight is 437 g/mol. The molecule has 3 rings (SSSR count). The Labute approximate surface area is 162 Å². The largest absolute Gasteiger partial charge is 0.449 e. The predicted molar refractivity (Wildman–Crippen MR) is 103 cm³/mol. The molecule has 0 aliphatic carbocycles. The minimum Gasteiger partial charge on any atom is -0.449 e. The van der Waals surface area contributed by atoms with E-state index in [4.69, 9.17) is 16.6 Å². The highest BCUT2D eigenvalue weighted by Crippen LogP contribution is 2.36. The highest BCUT2D eigenvalue weighted by Gasteiger charge is 2.35. The highest BCUT2D eigenvalue weighted by molar-refractivity contribution is 9.10. The van der Waals surface area contributed by atoms with E-state index in [1.165, 1.54) is 41.7 Å². The van der Waals surface area contributed by atoms with Gasteiger partial charge in [-0.25, -0.2) is 0 Å². The fraction of sp³-hybridized carbons (Fsp3) is 0.118. The summed E-state index contributed by atoms with van der Waals surface area (Å²) in [6, 6.07) is 11.5. The van der Waals surface area contributed by atoms with Crippen molar-refractivity contribution in [3.05, 3.63) is 52.2 Å². The van der Waals surface area contributed by atoms with Crippen molar-refractivity contribution in [3.63, 3.8) is 0 Å². The van der Waals surface area contributed by atoms with E-state index < -0.39 is 11.8 Å². The molecule has 2 aromatic rings. The molecule has 1 aliphatic heterocycles. The Morgan fingerprint density at radius 1 is 1.12 bits per heavy atom. The van der Waals surface area contributed by atoms with Crippen LogP contribution in [0, 0.1) is 0 Å². The van der Waals surface area contributed by atoms with Gasteiger partial charge < -0.3 is 4.42 Å². The van der Waals surface area contributed by atoms with Crippen molar-refractivity contribution in [1.82, 2.24) is 9.80 Å². The second-order valence-corrected chi connectivity index (χ2v) is 7.53. The maximum atomic E-state index is 12.3. The summed E-state index contributed by atoms with van der Waals surface area (Å²) in [6.45, 7) is 0. The number of amides is 2. The molecular formula is C17H13BrN2O3S2. The number of nitrogens with zero attached hydrogens (tertiary/aromatic N) is 2. The number of carbonyl (C=O) groups is 2.